The Morgan fingerprint density at radius 2 is 1.79 bits per heavy atom. The van der Waals surface area contributed by atoms with Gasteiger partial charge >= 0.3 is 6.18 Å². The summed E-state index contributed by atoms with van der Waals surface area (Å²) in [6, 6.07) is 8.33. The van der Waals surface area contributed by atoms with E-state index >= 15 is 0 Å². The summed E-state index contributed by atoms with van der Waals surface area (Å²) in [7, 11) is -3.49. The maximum absolute atomic E-state index is 12.6. The third-order valence-electron chi connectivity index (χ3n) is 4.51. The maximum Gasteiger partial charge on any atom is 0.390 e. The quantitative estimate of drug-likeness (QED) is 0.312. The van der Waals surface area contributed by atoms with E-state index in [4.69, 9.17) is 0 Å². The molecular formula is C18H28F3IN4O2S. The first-order valence-corrected chi connectivity index (χ1v) is 10.8. The molecular weight excluding hydrogens is 520 g/mol. The number of aliphatic imine (C=N–C) groups is 1. The monoisotopic (exact) mass is 548 g/mol. The SMILES string of the molecule is CCNC(=NCC1CCN(S(=O)(=O)c2ccccc2)CC1)NCCC(F)(F)F.I. The van der Waals surface area contributed by atoms with Gasteiger partial charge in [0.25, 0.3) is 0 Å². The Morgan fingerprint density at radius 1 is 1.17 bits per heavy atom. The minimum atomic E-state index is -4.21. The second-order valence-corrected chi connectivity index (χ2v) is 8.61. The lowest BCUT2D eigenvalue weighted by molar-refractivity contribution is -0.132. The average molecular weight is 548 g/mol. The molecule has 1 heterocycles. The molecule has 166 valence electrons. The molecule has 0 bridgehead atoms. The Morgan fingerprint density at radius 3 is 2.34 bits per heavy atom. The molecule has 1 fully saturated rings. The molecule has 29 heavy (non-hydrogen) atoms. The number of nitrogens with zero attached hydrogens (tertiary/aromatic N) is 2. The van der Waals surface area contributed by atoms with Gasteiger partial charge in [0, 0.05) is 32.7 Å². The lowest BCUT2D eigenvalue weighted by atomic mass is 9.98. The van der Waals surface area contributed by atoms with Crippen molar-refractivity contribution in [2.45, 2.75) is 37.3 Å². The molecule has 0 aliphatic carbocycles. The zero-order chi connectivity index (χ0) is 20.6. The maximum atomic E-state index is 12.6. The molecule has 2 N–H and O–H groups in total. The summed E-state index contributed by atoms with van der Waals surface area (Å²) in [5, 5.41) is 5.61. The fourth-order valence-electron chi connectivity index (χ4n) is 2.96. The van der Waals surface area contributed by atoms with Crippen LogP contribution in [0.3, 0.4) is 0 Å². The molecule has 0 saturated carbocycles. The highest BCUT2D eigenvalue weighted by Gasteiger charge is 2.29. The Labute approximate surface area is 187 Å². The van der Waals surface area contributed by atoms with Crippen molar-refractivity contribution in [2.75, 3.05) is 32.7 Å². The van der Waals surface area contributed by atoms with Gasteiger partial charge in [0.2, 0.25) is 10.0 Å². The standard InChI is InChI=1S/C18H27F3N4O2S.HI/c1-2-22-17(23-11-10-18(19,20)21)24-14-15-8-12-25(13-9-15)28(26,27)16-6-4-3-5-7-16;/h3-7,15H,2,8-14H2,1H3,(H2,22,23,24);1H. The van der Waals surface area contributed by atoms with E-state index in [9.17, 15) is 21.6 Å². The highest BCUT2D eigenvalue weighted by atomic mass is 127. The smallest absolute Gasteiger partial charge is 0.357 e. The highest BCUT2D eigenvalue weighted by molar-refractivity contribution is 14.0. The summed E-state index contributed by atoms with van der Waals surface area (Å²) < 4.78 is 63.6. The molecule has 1 aromatic rings. The van der Waals surface area contributed by atoms with Crippen LogP contribution in [0.4, 0.5) is 13.2 Å². The molecule has 0 unspecified atom stereocenters. The van der Waals surface area contributed by atoms with Gasteiger partial charge in [0.05, 0.1) is 11.3 Å². The zero-order valence-electron chi connectivity index (χ0n) is 16.3. The van der Waals surface area contributed by atoms with E-state index in [1.807, 2.05) is 6.92 Å². The molecule has 6 nitrogen and oxygen atoms in total. The number of guanidine groups is 1. The Hall–Kier alpha value is -1.08. The third-order valence-corrected chi connectivity index (χ3v) is 6.42. The second kappa shape index (κ2) is 11.9. The van der Waals surface area contributed by atoms with Crippen LogP contribution in [0, 0.1) is 5.92 Å². The number of sulfonamides is 1. The fourth-order valence-corrected chi connectivity index (χ4v) is 4.45. The van der Waals surface area contributed by atoms with Gasteiger partial charge in [0.15, 0.2) is 5.96 Å². The van der Waals surface area contributed by atoms with Crippen molar-refractivity contribution in [3.8, 4) is 0 Å². The largest absolute Gasteiger partial charge is 0.390 e. The Bertz CT molecular complexity index is 737. The minimum absolute atomic E-state index is 0. The third kappa shape index (κ3) is 8.67. The molecule has 11 heteroatoms. The lowest BCUT2D eigenvalue weighted by Crippen LogP contribution is -2.41. The number of hydrogen-bond acceptors (Lipinski definition) is 3. The summed E-state index contributed by atoms with van der Waals surface area (Å²) in [5.41, 5.74) is 0. The van der Waals surface area contributed by atoms with Gasteiger partial charge in [-0.05, 0) is 37.8 Å². The number of hydrogen-bond donors (Lipinski definition) is 2. The van der Waals surface area contributed by atoms with Crippen LogP contribution in [0.5, 0.6) is 0 Å². The number of piperidine rings is 1. The van der Waals surface area contributed by atoms with Crippen LogP contribution in [-0.2, 0) is 10.0 Å². The highest BCUT2D eigenvalue weighted by Crippen LogP contribution is 2.24. The van der Waals surface area contributed by atoms with Crippen LogP contribution in [0.25, 0.3) is 0 Å². The van der Waals surface area contributed by atoms with Crippen molar-refractivity contribution in [3.05, 3.63) is 30.3 Å². The van der Waals surface area contributed by atoms with Crippen molar-refractivity contribution in [1.82, 2.24) is 14.9 Å². The first-order chi connectivity index (χ1) is 13.2. The van der Waals surface area contributed by atoms with E-state index in [1.54, 1.807) is 30.3 Å². The molecule has 1 aromatic carbocycles. The first-order valence-electron chi connectivity index (χ1n) is 9.36. The van der Waals surface area contributed by atoms with E-state index < -0.39 is 22.6 Å². The molecule has 0 radical (unpaired) electrons. The molecule has 1 saturated heterocycles. The molecule has 1 aliphatic heterocycles. The summed E-state index contributed by atoms with van der Waals surface area (Å²) in [5.74, 6) is 0.548. The molecule has 0 atom stereocenters. The van der Waals surface area contributed by atoms with Crippen molar-refractivity contribution in [2.24, 2.45) is 10.9 Å². The van der Waals surface area contributed by atoms with Crippen LogP contribution in [0.1, 0.15) is 26.2 Å². The van der Waals surface area contributed by atoms with Crippen molar-refractivity contribution in [3.63, 3.8) is 0 Å². The fraction of sp³-hybridized carbons (Fsp3) is 0.611. The van der Waals surface area contributed by atoms with Gasteiger partial charge in [0.1, 0.15) is 0 Å². The van der Waals surface area contributed by atoms with Gasteiger partial charge in [-0.25, -0.2) is 8.42 Å². The van der Waals surface area contributed by atoms with E-state index in [0.717, 1.165) is 0 Å². The lowest BCUT2D eigenvalue weighted by Gasteiger charge is -2.30. The number of nitrogens with one attached hydrogen (secondary N) is 2. The molecule has 2 rings (SSSR count). The predicted octanol–water partition coefficient (Wildman–Crippen LogP) is 3.21. The minimum Gasteiger partial charge on any atom is -0.357 e. The van der Waals surface area contributed by atoms with E-state index in [-0.39, 0.29) is 41.3 Å². The molecule has 1 aliphatic rings. The van der Waals surface area contributed by atoms with Gasteiger partial charge in [-0.3, -0.25) is 4.99 Å². The van der Waals surface area contributed by atoms with Crippen LogP contribution in [-0.4, -0.2) is 57.6 Å². The van der Waals surface area contributed by atoms with Crippen molar-refractivity contribution < 1.29 is 21.6 Å². The average Bonchev–Trinajstić information content (AvgIpc) is 2.66. The summed E-state index contributed by atoms with van der Waals surface area (Å²) in [6.45, 7) is 3.42. The van der Waals surface area contributed by atoms with Gasteiger partial charge in [-0.1, -0.05) is 18.2 Å². The van der Waals surface area contributed by atoms with Gasteiger partial charge < -0.3 is 10.6 Å². The van der Waals surface area contributed by atoms with Gasteiger partial charge in [-0.15, -0.1) is 24.0 Å². The summed E-state index contributed by atoms with van der Waals surface area (Å²) in [6.07, 6.45) is -3.80. The van der Waals surface area contributed by atoms with E-state index in [1.165, 1.54) is 4.31 Å². The van der Waals surface area contributed by atoms with E-state index in [2.05, 4.69) is 15.6 Å². The number of benzene rings is 1. The number of rotatable bonds is 7. The summed E-state index contributed by atoms with van der Waals surface area (Å²) in [4.78, 5) is 4.65. The normalized spacial score (nSPS) is 16.9. The Balaban J connectivity index is 0.00000420. The Kier molecular flexibility index (Phi) is 10.7. The van der Waals surface area contributed by atoms with Crippen LogP contribution >= 0.6 is 24.0 Å². The topological polar surface area (TPSA) is 73.8 Å². The second-order valence-electron chi connectivity index (χ2n) is 6.67. The molecule has 0 spiro atoms. The van der Waals surface area contributed by atoms with E-state index in [0.29, 0.717) is 45.0 Å². The van der Waals surface area contributed by atoms with Gasteiger partial charge in [-0.2, -0.15) is 17.5 Å². The molecule has 0 amide bonds. The molecule has 0 aromatic heterocycles. The summed E-state index contributed by atoms with van der Waals surface area (Å²) >= 11 is 0. The van der Waals surface area contributed by atoms with Crippen molar-refractivity contribution in [1.29, 1.82) is 0 Å². The number of alkyl halides is 3. The van der Waals surface area contributed by atoms with Crippen LogP contribution in [0.15, 0.2) is 40.2 Å². The van der Waals surface area contributed by atoms with Crippen LogP contribution in [0.2, 0.25) is 0 Å². The number of halogens is 4. The first kappa shape index (κ1) is 26.0. The zero-order valence-corrected chi connectivity index (χ0v) is 19.4. The predicted molar refractivity (Wildman–Crippen MR) is 118 cm³/mol. The van der Waals surface area contributed by atoms with Crippen molar-refractivity contribution >= 4 is 40.0 Å². The van der Waals surface area contributed by atoms with Crippen LogP contribution < -0.4 is 10.6 Å².